The zero-order valence-electron chi connectivity index (χ0n) is 19.2. The summed E-state index contributed by atoms with van der Waals surface area (Å²) in [5.74, 6) is 0.989. The van der Waals surface area contributed by atoms with Gasteiger partial charge in [-0.1, -0.05) is 24.3 Å². The van der Waals surface area contributed by atoms with Gasteiger partial charge in [-0.15, -0.1) is 24.0 Å². The first-order chi connectivity index (χ1) is 15.5. The number of aromatic nitrogens is 2. The number of nitrogens with zero attached hydrogens (tertiary/aromatic N) is 6. The van der Waals surface area contributed by atoms with Crippen molar-refractivity contribution in [2.45, 2.75) is 32.9 Å². The first-order valence-electron chi connectivity index (χ1n) is 11.2. The van der Waals surface area contributed by atoms with Crippen LogP contribution in [0, 0.1) is 0 Å². The number of piperazine rings is 1. The fourth-order valence-electron chi connectivity index (χ4n) is 4.20. The maximum Gasteiger partial charge on any atom is 0.246 e. The lowest BCUT2D eigenvalue weighted by Gasteiger charge is -2.35. The number of rotatable bonds is 6. The molecule has 4 rings (SSSR count). The molecule has 2 amide bonds. The van der Waals surface area contributed by atoms with E-state index in [2.05, 4.69) is 22.5 Å². The summed E-state index contributed by atoms with van der Waals surface area (Å²) in [6, 6.07) is 8.14. The van der Waals surface area contributed by atoms with Crippen LogP contribution in [0.4, 0.5) is 5.69 Å². The predicted octanol–water partition coefficient (Wildman–Crippen LogP) is 1.97. The molecular formula is C23H32IN7O2. The molecule has 33 heavy (non-hydrogen) atoms. The highest BCUT2D eigenvalue weighted by molar-refractivity contribution is 14.0. The number of amides is 2. The Hall–Kier alpha value is -2.63. The number of aryl methyl sites for hydroxylation is 1. The molecule has 0 aliphatic carbocycles. The molecule has 178 valence electrons. The van der Waals surface area contributed by atoms with Gasteiger partial charge in [0.05, 0.1) is 18.4 Å². The molecule has 1 aromatic heterocycles. The van der Waals surface area contributed by atoms with Crippen LogP contribution in [0.2, 0.25) is 0 Å². The van der Waals surface area contributed by atoms with E-state index in [0.717, 1.165) is 42.3 Å². The molecule has 0 radical (unpaired) electrons. The van der Waals surface area contributed by atoms with Gasteiger partial charge in [0.1, 0.15) is 6.54 Å². The summed E-state index contributed by atoms with van der Waals surface area (Å²) in [4.78, 5) is 35.4. The summed E-state index contributed by atoms with van der Waals surface area (Å²) in [6.45, 7) is 6.24. The van der Waals surface area contributed by atoms with Crippen molar-refractivity contribution in [1.29, 1.82) is 0 Å². The number of hydrogen-bond donors (Lipinski definition) is 1. The molecule has 2 aliphatic rings. The zero-order valence-corrected chi connectivity index (χ0v) is 21.6. The zero-order chi connectivity index (χ0) is 22.5. The Balaban J connectivity index is 0.00000306. The van der Waals surface area contributed by atoms with Crippen LogP contribution in [-0.2, 0) is 29.7 Å². The van der Waals surface area contributed by atoms with Gasteiger partial charge in [0.25, 0.3) is 0 Å². The fraction of sp³-hybridized carbons (Fsp3) is 0.478. The van der Waals surface area contributed by atoms with Crippen molar-refractivity contribution in [3.05, 3.63) is 47.8 Å². The molecule has 2 saturated heterocycles. The first kappa shape index (κ1) is 25.0. The molecule has 0 spiro atoms. The van der Waals surface area contributed by atoms with E-state index in [9.17, 15) is 9.59 Å². The van der Waals surface area contributed by atoms with Crippen molar-refractivity contribution in [2.24, 2.45) is 12.0 Å². The minimum Gasteiger partial charge on any atom is -0.356 e. The van der Waals surface area contributed by atoms with Gasteiger partial charge < -0.3 is 20.0 Å². The fourth-order valence-corrected chi connectivity index (χ4v) is 4.20. The number of hydrogen-bond acceptors (Lipinski definition) is 4. The summed E-state index contributed by atoms with van der Waals surface area (Å²) in [6.07, 6.45) is 5.15. The van der Waals surface area contributed by atoms with Crippen molar-refractivity contribution < 1.29 is 9.59 Å². The predicted molar refractivity (Wildman–Crippen MR) is 138 cm³/mol. The number of halogens is 1. The Morgan fingerprint density at radius 2 is 1.91 bits per heavy atom. The number of likely N-dealkylation sites (tertiary alicyclic amines) is 1. The number of aliphatic imine (C=N–C) groups is 1. The molecule has 1 N–H and O–H groups in total. The standard InChI is InChI=1S/C23H31N7O2.HI/c1-3-24-23(29-11-12-30(22(32)17-29)20-14-26-27(2)16-20)25-13-18-7-4-5-8-19(18)15-28-10-6-9-21(28)31;/h4-5,7-8,14,16H,3,6,9-13,15,17H2,1-2H3,(H,24,25);1H. The first-order valence-corrected chi connectivity index (χ1v) is 11.2. The Bertz CT molecular complexity index is 1010. The van der Waals surface area contributed by atoms with Gasteiger partial charge >= 0.3 is 0 Å². The van der Waals surface area contributed by atoms with Gasteiger partial charge in [0, 0.05) is 52.4 Å². The van der Waals surface area contributed by atoms with Crippen molar-refractivity contribution >= 4 is 47.4 Å². The van der Waals surface area contributed by atoms with Crippen molar-refractivity contribution in [1.82, 2.24) is 24.9 Å². The van der Waals surface area contributed by atoms with E-state index in [-0.39, 0.29) is 42.3 Å². The van der Waals surface area contributed by atoms with Gasteiger partial charge in [0.15, 0.2) is 5.96 Å². The van der Waals surface area contributed by atoms with E-state index in [1.165, 1.54) is 0 Å². The van der Waals surface area contributed by atoms with E-state index >= 15 is 0 Å². The molecule has 2 fully saturated rings. The van der Waals surface area contributed by atoms with Crippen LogP contribution in [-0.4, -0.2) is 70.1 Å². The molecular weight excluding hydrogens is 533 g/mol. The van der Waals surface area contributed by atoms with E-state index in [4.69, 9.17) is 4.99 Å². The summed E-state index contributed by atoms with van der Waals surface area (Å²) >= 11 is 0. The summed E-state index contributed by atoms with van der Waals surface area (Å²) in [5.41, 5.74) is 3.05. The maximum absolute atomic E-state index is 12.8. The summed E-state index contributed by atoms with van der Waals surface area (Å²) in [7, 11) is 1.84. The SMILES string of the molecule is CCNC(=NCc1ccccc1CN1CCCC1=O)N1CCN(c2cnn(C)c2)C(=O)C1.I. The van der Waals surface area contributed by atoms with Crippen molar-refractivity contribution in [3.63, 3.8) is 0 Å². The van der Waals surface area contributed by atoms with E-state index in [1.54, 1.807) is 15.8 Å². The number of anilines is 1. The quantitative estimate of drug-likeness (QED) is 0.329. The highest BCUT2D eigenvalue weighted by Gasteiger charge is 2.28. The number of carbonyl (C=O) groups is 2. The van der Waals surface area contributed by atoms with Crippen LogP contribution in [0.25, 0.3) is 0 Å². The summed E-state index contributed by atoms with van der Waals surface area (Å²) < 4.78 is 1.70. The number of benzene rings is 1. The van der Waals surface area contributed by atoms with Gasteiger partial charge in [-0.2, -0.15) is 5.10 Å². The number of guanidine groups is 1. The molecule has 10 heteroatoms. The van der Waals surface area contributed by atoms with Crippen LogP contribution < -0.4 is 10.2 Å². The second kappa shape index (κ2) is 11.5. The van der Waals surface area contributed by atoms with Crippen LogP contribution >= 0.6 is 24.0 Å². The minimum absolute atomic E-state index is 0. The van der Waals surface area contributed by atoms with E-state index in [0.29, 0.717) is 32.6 Å². The lowest BCUT2D eigenvalue weighted by Crippen LogP contribution is -2.55. The smallest absolute Gasteiger partial charge is 0.246 e. The molecule has 2 aliphatic heterocycles. The monoisotopic (exact) mass is 565 g/mol. The molecule has 0 unspecified atom stereocenters. The third-order valence-electron chi connectivity index (χ3n) is 5.91. The minimum atomic E-state index is 0. The lowest BCUT2D eigenvalue weighted by atomic mass is 10.1. The highest BCUT2D eigenvalue weighted by Crippen LogP contribution is 2.19. The molecule has 1 aromatic carbocycles. The Kier molecular flexibility index (Phi) is 8.70. The Labute approximate surface area is 211 Å². The van der Waals surface area contributed by atoms with E-state index < -0.39 is 0 Å². The van der Waals surface area contributed by atoms with Crippen molar-refractivity contribution in [3.8, 4) is 0 Å². The van der Waals surface area contributed by atoms with Crippen LogP contribution in [0.1, 0.15) is 30.9 Å². The second-order valence-corrected chi connectivity index (χ2v) is 8.20. The summed E-state index contributed by atoms with van der Waals surface area (Å²) in [5, 5.41) is 7.50. The van der Waals surface area contributed by atoms with Crippen LogP contribution in [0.3, 0.4) is 0 Å². The molecule has 0 bridgehead atoms. The maximum atomic E-state index is 12.8. The normalized spacial score (nSPS) is 16.9. The third-order valence-corrected chi connectivity index (χ3v) is 5.91. The Morgan fingerprint density at radius 1 is 1.12 bits per heavy atom. The third kappa shape index (κ3) is 6.04. The van der Waals surface area contributed by atoms with Crippen LogP contribution in [0.15, 0.2) is 41.7 Å². The van der Waals surface area contributed by atoms with Gasteiger partial charge in [0.2, 0.25) is 11.8 Å². The Morgan fingerprint density at radius 3 is 2.55 bits per heavy atom. The largest absolute Gasteiger partial charge is 0.356 e. The van der Waals surface area contributed by atoms with Gasteiger partial charge in [-0.3, -0.25) is 14.3 Å². The van der Waals surface area contributed by atoms with Crippen LogP contribution in [0.5, 0.6) is 0 Å². The molecule has 9 nitrogen and oxygen atoms in total. The van der Waals surface area contributed by atoms with E-state index in [1.807, 2.05) is 42.1 Å². The number of nitrogens with one attached hydrogen (secondary N) is 1. The van der Waals surface area contributed by atoms with Gasteiger partial charge in [-0.05, 0) is 24.5 Å². The number of carbonyl (C=O) groups excluding carboxylic acids is 2. The average Bonchev–Trinajstić information content (AvgIpc) is 3.40. The van der Waals surface area contributed by atoms with Gasteiger partial charge in [-0.25, -0.2) is 4.99 Å². The topological polar surface area (TPSA) is 86.1 Å². The second-order valence-electron chi connectivity index (χ2n) is 8.20. The molecule has 0 saturated carbocycles. The lowest BCUT2D eigenvalue weighted by molar-refractivity contribution is -0.128. The highest BCUT2D eigenvalue weighted by atomic mass is 127. The molecule has 2 aromatic rings. The average molecular weight is 565 g/mol. The molecule has 3 heterocycles. The van der Waals surface area contributed by atoms with Crippen molar-refractivity contribution in [2.75, 3.05) is 37.6 Å². The molecule has 0 atom stereocenters.